The molecule has 0 aliphatic carbocycles. The Morgan fingerprint density at radius 1 is 1.07 bits per heavy atom. The van der Waals surface area contributed by atoms with Crippen LogP contribution in [0.15, 0.2) is 35.3 Å². The minimum atomic E-state index is 0.560. The molecule has 6 nitrogen and oxygen atoms in total. The quantitative estimate of drug-likeness (QED) is 0.345. The van der Waals surface area contributed by atoms with Crippen molar-refractivity contribution in [2.45, 2.75) is 27.2 Å². The zero-order valence-corrected chi connectivity index (χ0v) is 18.0. The molecule has 1 atom stereocenters. The van der Waals surface area contributed by atoms with Crippen LogP contribution in [0.4, 0.5) is 0 Å². The standard InChI is InChI=1S/C22H39N5O/c1-4-23-22(24-12-9-17-28-21-10-7-6-8-11-21)25-18-20(3)19-27-15-13-26(5-2)14-16-27/h6-8,10-11,20H,4-5,9,12-19H2,1-3H3,(H2,23,24,25). The van der Waals surface area contributed by atoms with E-state index in [1.54, 1.807) is 0 Å². The summed E-state index contributed by atoms with van der Waals surface area (Å²) in [6.45, 7) is 17.0. The van der Waals surface area contributed by atoms with Gasteiger partial charge in [-0.15, -0.1) is 0 Å². The molecular formula is C22H39N5O. The first-order chi connectivity index (χ1) is 13.7. The monoisotopic (exact) mass is 389 g/mol. The van der Waals surface area contributed by atoms with Crippen LogP contribution in [0.25, 0.3) is 0 Å². The van der Waals surface area contributed by atoms with Crippen LogP contribution in [-0.2, 0) is 0 Å². The molecule has 1 aromatic carbocycles. The fourth-order valence-corrected chi connectivity index (χ4v) is 3.36. The van der Waals surface area contributed by atoms with Crippen molar-refractivity contribution in [3.8, 4) is 5.75 Å². The van der Waals surface area contributed by atoms with Crippen LogP contribution in [0.5, 0.6) is 5.75 Å². The lowest BCUT2D eigenvalue weighted by molar-refractivity contribution is 0.125. The third-order valence-corrected chi connectivity index (χ3v) is 5.01. The number of nitrogens with one attached hydrogen (secondary N) is 2. The summed E-state index contributed by atoms with van der Waals surface area (Å²) in [5.74, 6) is 2.39. The van der Waals surface area contributed by atoms with Gasteiger partial charge >= 0.3 is 0 Å². The Balaban J connectivity index is 1.63. The number of aliphatic imine (C=N–C) groups is 1. The van der Waals surface area contributed by atoms with Gasteiger partial charge in [0.15, 0.2) is 5.96 Å². The average molecular weight is 390 g/mol. The van der Waals surface area contributed by atoms with Crippen molar-refractivity contribution in [2.75, 3.05) is 65.5 Å². The first-order valence-corrected chi connectivity index (χ1v) is 10.9. The second-order valence-electron chi connectivity index (χ2n) is 7.50. The molecule has 0 spiro atoms. The summed E-state index contributed by atoms with van der Waals surface area (Å²) in [4.78, 5) is 9.88. The van der Waals surface area contributed by atoms with Crippen molar-refractivity contribution in [1.29, 1.82) is 0 Å². The number of hydrogen-bond acceptors (Lipinski definition) is 4. The summed E-state index contributed by atoms with van der Waals surface area (Å²) in [5, 5.41) is 6.76. The molecule has 6 heteroatoms. The van der Waals surface area contributed by atoms with Gasteiger partial charge in [0.05, 0.1) is 6.61 Å². The summed E-state index contributed by atoms with van der Waals surface area (Å²) >= 11 is 0. The zero-order valence-electron chi connectivity index (χ0n) is 18.0. The second kappa shape index (κ2) is 13.4. The fraction of sp³-hybridized carbons (Fsp3) is 0.682. The normalized spacial score (nSPS) is 17.3. The van der Waals surface area contributed by atoms with E-state index in [0.717, 1.165) is 44.3 Å². The molecule has 0 amide bonds. The SMILES string of the molecule is CCNC(=NCC(C)CN1CCN(CC)CC1)NCCCOc1ccccc1. The third-order valence-electron chi connectivity index (χ3n) is 5.01. The predicted octanol–water partition coefficient (Wildman–Crippen LogP) is 2.28. The van der Waals surface area contributed by atoms with Crippen LogP contribution in [0.1, 0.15) is 27.2 Å². The Morgan fingerprint density at radius 2 is 1.79 bits per heavy atom. The van der Waals surface area contributed by atoms with Crippen LogP contribution >= 0.6 is 0 Å². The Kier molecular flexibility index (Phi) is 10.8. The molecule has 0 saturated carbocycles. The van der Waals surface area contributed by atoms with Crippen molar-refractivity contribution in [1.82, 2.24) is 20.4 Å². The van der Waals surface area contributed by atoms with Crippen LogP contribution in [0, 0.1) is 5.92 Å². The molecule has 1 saturated heterocycles. The highest BCUT2D eigenvalue weighted by Gasteiger charge is 2.17. The fourth-order valence-electron chi connectivity index (χ4n) is 3.36. The van der Waals surface area contributed by atoms with Gasteiger partial charge in [0, 0.05) is 52.4 Å². The van der Waals surface area contributed by atoms with Crippen molar-refractivity contribution >= 4 is 5.96 Å². The molecule has 1 aliphatic heterocycles. The highest BCUT2D eigenvalue weighted by atomic mass is 16.5. The van der Waals surface area contributed by atoms with Crippen LogP contribution in [0.2, 0.25) is 0 Å². The van der Waals surface area contributed by atoms with Crippen molar-refractivity contribution in [3.63, 3.8) is 0 Å². The second-order valence-corrected chi connectivity index (χ2v) is 7.50. The highest BCUT2D eigenvalue weighted by Crippen LogP contribution is 2.08. The Morgan fingerprint density at radius 3 is 2.46 bits per heavy atom. The number of likely N-dealkylation sites (N-methyl/N-ethyl adjacent to an activating group) is 1. The van der Waals surface area contributed by atoms with Gasteiger partial charge in [0.2, 0.25) is 0 Å². The largest absolute Gasteiger partial charge is 0.494 e. The predicted molar refractivity (Wildman–Crippen MR) is 118 cm³/mol. The van der Waals surface area contributed by atoms with Crippen LogP contribution in [-0.4, -0.2) is 81.3 Å². The molecule has 1 aromatic rings. The maximum absolute atomic E-state index is 5.74. The number of ether oxygens (including phenoxy) is 1. The summed E-state index contributed by atoms with van der Waals surface area (Å²) in [6, 6.07) is 9.97. The van der Waals surface area contributed by atoms with Gasteiger partial charge in [-0.1, -0.05) is 32.0 Å². The van der Waals surface area contributed by atoms with E-state index in [0.29, 0.717) is 12.5 Å². The number of guanidine groups is 1. The van der Waals surface area contributed by atoms with Gasteiger partial charge in [0.1, 0.15) is 5.75 Å². The lowest BCUT2D eigenvalue weighted by atomic mass is 10.1. The van der Waals surface area contributed by atoms with E-state index in [-0.39, 0.29) is 0 Å². The lowest BCUT2D eigenvalue weighted by Crippen LogP contribution is -2.47. The number of benzene rings is 1. The summed E-state index contributed by atoms with van der Waals surface area (Å²) in [7, 11) is 0. The van der Waals surface area contributed by atoms with Crippen LogP contribution < -0.4 is 15.4 Å². The van der Waals surface area contributed by atoms with Gasteiger partial charge in [-0.2, -0.15) is 0 Å². The molecule has 0 bridgehead atoms. The van der Waals surface area contributed by atoms with E-state index in [4.69, 9.17) is 9.73 Å². The molecular weight excluding hydrogens is 350 g/mol. The number of para-hydroxylation sites is 1. The third kappa shape index (κ3) is 8.93. The molecule has 0 aromatic heterocycles. The van der Waals surface area contributed by atoms with Crippen molar-refractivity contribution in [2.24, 2.45) is 10.9 Å². The molecule has 1 fully saturated rings. The molecule has 2 rings (SSSR count). The Hall–Kier alpha value is -1.79. The topological polar surface area (TPSA) is 52.1 Å². The first-order valence-electron chi connectivity index (χ1n) is 10.9. The molecule has 1 heterocycles. The number of piperazine rings is 1. The summed E-state index contributed by atoms with van der Waals surface area (Å²) in [6.07, 6.45) is 0.941. The first kappa shape index (κ1) is 22.5. The van der Waals surface area contributed by atoms with Crippen molar-refractivity contribution in [3.05, 3.63) is 30.3 Å². The molecule has 1 aliphatic rings. The van der Waals surface area contributed by atoms with Crippen LogP contribution in [0.3, 0.4) is 0 Å². The molecule has 0 radical (unpaired) electrons. The highest BCUT2D eigenvalue weighted by molar-refractivity contribution is 5.79. The molecule has 28 heavy (non-hydrogen) atoms. The van der Waals surface area contributed by atoms with Gasteiger partial charge < -0.3 is 25.2 Å². The minimum absolute atomic E-state index is 0.560. The minimum Gasteiger partial charge on any atom is -0.494 e. The Bertz CT molecular complexity index is 543. The maximum Gasteiger partial charge on any atom is 0.191 e. The van der Waals surface area contributed by atoms with E-state index >= 15 is 0 Å². The summed E-state index contributed by atoms with van der Waals surface area (Å²) in [5.41, 5.74) is 0. The van der Waals surface area contributed by atoms with Gasteiger partial charge in [-0.25, -0.2) is 0 Å². The van der Waals surface area contributed by atoms with E-state index in [9.17, 15) is 0 Å². The van der Waals surface area contributed by atoms with Gasteiger partial charge in [-0.3, -0.25) is 4.99 Å². The van der Waals surface area contributed by atoms with E-state index in [2.05, 4.69) is 41.2 Å². The summed E-state index contributed by atoms with van der Waals surface area (Å²) < 4.78 is 5.74. The van der Waals surface area contributed by atoms with E-state index < -0.39 is 0 Å². The average Bonchev–Trinajstić information content (AvgIpc) is 2.73. The molecule has 2 N–H and O–H groups in total. The van der Waals surface area contributed by atoms with Gasteiger partial charge in [-0.05, 0) is 37.9 Å². The molecule has 158 valence electrons. The number of hydrogen-bond donors (Lipinski definition) is 2. The van der Waals surface area contributed by atoms with E-state index in [1.165, 1.54) is 32.7 Å². The zero-order chi connectivity index (χ0) is 20.0. The van der Waals surface area contributed by atoms with Gasteiger partial charge in [0.25, 0.3) is 0 Å². The van der Waals surface area contributed by atoms with Crippen molar-refractivity contribution < 1.29 is 4.74 Å². The lowest BCUT2D eigenvalue weighted by Gasteiger charge is -2.35. The molecule has 1 unspecified atom stereocenters. The smallest absolute Gasteiger partial charge is 0.191 e. The Labute approximate surface area is 171 Å². The maximum atomic E-state index is 5.74. The number of rotatable bonds is 11. The number of nitrogens with zero attached hydrogens (tertiary/aromatic N) is 3. The van der Waals surface area contributed by atoms with E-state index in [1.807, 2.05) is 30.3 Å².